The van der Waals surface area contributed by atoms with E-state index in [1.165, 1.54) is 13.8 Å². The molecular weight excluding hydrogens is 352 g/mol. The normalized spacial score (nSPS) is 22.6. The fourth-order valence-electron chi connectivity index (χ4n) is 2.40. The molecule has 0 fully saturated rings. The van der Waals surface area contributed by atoms with Crippen LogP contribution in [0.15, 0.2) is 12.1 Å². The van der Waals surface area contributed by atoms with Gasteiger partial charge in [-0.2, -0.15) is 35.1 Å². The van der Waals surface area contributed by atoms with Crippen LogP contribution in [0.5, 0.6) is 11.5 Å². The maximum Gasteiger partial charge on any atom is 0.383 e. The Bertz CT molecular complexity index is 642. The quantitative estimate of drug-likeness (QED) is 0.704. The highest BCUT2D eigenvalue weighted by molar-refractivity contribution is 5.55. The number of halogens is 8. The molecule has 0 heterocycles. The molecule has 2 nitrogen and oxygen atoms in total. The average Bonchev–Trinajstić information content (AvgIpc) is 2.45. The highest BCUT2D eigenvalue weighted by atomic mass is 19.4. The Morgan fingerprint density at radius 1 is 0.750 bits per heavy atom. The summed E-state index contributed by atoms with van der Waals surface area (Å²) in [5, 5.41) is 0. The van der Waals surface area contributed by atoms with Gasteiger partial charge in [-0.25, -0.2) is 0 Å². The van der Waals surface area contributed by atoms with Gasteiger partial charge in [-0.15, -0.1) is 0 Å². The van der Waals surface area contributed by atoms with Crippen molar-refractivity contribution in [2.45, 2.75) is 37.5 Å². The summed E-state index contributed by atoms with van der Waals surface area (Å²) in [6.45, 7) is 2.27. The molecule has 0 unspecified atom stereocenters. The van der Waals surface area contributed by atoms with E-state index in [1.807, 2.05) is 0 Å². The van der Waals surface area contributed by atoms with Crippen molar-refractivity contribution in [3.8, 4) is 11.5 Å². The average molecular weight is 364 g/mol. The van der Waals surface area contributed by atoms with E-state index in [1.54, 1.807) is 0 Å². The SMILES string of the molecule is CCOc1cc(OCC)c2c(c1)C(F)(F)C(F)(F)C(F)(F)C2(F)F. The number of hydrogen-bond acceptors (Lipinski definition) is 2. The first-order valence-electron chi connectivity index (χ1n) is 6.82. The van der Waals surface area contributed by atoms with Crippen molar-refractivity contribution in [3.05, 3.63) is 23.3 Å². The zero-order chi connectivity index (χ0) is 18.6. The van der Waals surface area contributed by atoms with Gasteiger partial charge in [0.25, 0.3) is 0 Å². The minimum atomic E-state index is -6.31. The molecule has 0 atom stereocenters. The molecule has 1 aliphatic rings. The van der Waals surface area contributed by atoms with Crippen molar-refractivity contribution in [3.63, 3.8) is 0 Å². The number of fused-ring (bicyclic) bond motifs is 1. The summed E-state index contributed by atoms with van der Waals surface area (Å²) in [6, 6.07) is 0.897. The van der Waals surface area contributed by atoms with Crippen LogP contribution in [0.2, 0.25) is 0 Å². The van der Waals surface area contributed by atoms with E-state index in [4.69, 9.17) is 9.47 Å². The van der Waals surface area contributed by atoms with E-state index < -0.39 is 46.3 Å². The van der Waals surface area contributed by atoms with Gasteiger partial charge < -0.3 is 9.47 Å². The number of benzene rings is 1. The van der Waals surface area contributed by atoms with Crippen molar-refractivity contribution in [1.82, 2.24) is 0 Å². The maximum absolute atomic E-state index is 14.0. The van der Waals surface area contributed by atoms with Crippen LogP contribution in [-0.4, -0.2) is 25.1 Å². The lowest BCUT2D eigenvalue weighted by molar-refractivity contribution is -0.386. The van der Waals surface area contributed by atoms with Gasteiger partial charge in [-0.05, 0) is 19.9 Å². The third-order valence-electron chi connectivity index (χ3n) is 3.52. The van der Waals surface area contributed by atoms with Gasteiger partial charge in [0.15, 0.2) is 0 Å². The van der Waals surface area contributed by atoms with Crippen molar-refractivity contribution in [1.29, 1.82) is 0 Å². The van der Waals surface area contributed by atoms with E-state index in [9.17, 15) is 35.1 Å². The lowest BCUT2D eigenvalue weighted by atomic mass is 9.79. The molecule has 0 bridgehead atoms. The summed E-state index contributed by atoms with van der Waals surface area (Å²) >= 11 is 0. The van der Waals surface area contributed by atoms with E-state index in [0.29, 0.717) is 6.07 Å². The van der Waals surface area contributed by atoms with Gasteiger partial charge >= 0.3 is 23.7 Å². The zero-order valence-corrected chi connectivity index (χ0v) is 12.4. The first-order chi connectivity index (χ1) is 10.9. The van der Waals surface area contributed by atoms with Crippen LogP contribution in [0.3, 0.4) is 0 Å². The minimum Gasteiger partial charge on any atom is -0.494 e. The second-order valence-corrected chi connectivity index (χ2v) is 5.01. The zero-order valence-electron chi connectivity index (χ0n) is 12.4. The first kappa shape index (κ1) is 18.6. The predicted molar refractivity (Wildman–Crippen MR) is 66.5 cm³/mol. The molecule has 0 N–H and O–H groups in total. The highest BCUT2D eigenvalue weighted by Gasteiger charge is 2.85. The Balaban J connectivity index is 2.89. The molecule has 24 heavy (non-hydrogen) atoms. The number of alkyl halides is 8. The third-order valence-corrected chi connectivity index (χ3v) is 3.52. The van der Waals surface area contributed by atoms with E-state index in [-0.39, 0.29) is 19.3 Å². The van der Waals surface area contributed by atoms with E-state index in [0.717, 1.165) is 0 Å². The number of ether oxygens (including phenoxy) is 2. The first-order valence-corrected chi connectivity index (χ1v) is 6.82. The molecule has 136 valence electrons. The molecule has 1 aromatic rings. The van der Waals surface area contributed by atoms with Crippen LogP contribution in [0.4, 0.5) is 35.1 Å². The summed E-state index contributed by atoms with van der Waals surface area (Å²) in [7, 11) is 0. The van der Waals surface area contributed by atoms with Crippen LogP contribution in [-0.2, 0) is 11.8 Å². The van der Waals surface area contributed by atoms with Gasteiger partial charge in [-0.3, -0.25) is 0 Å². The molecule has 0 saturated heterocycles. The Morgan fingerprint density at radius 3 is 1.75 bits per heavy atom. The minimum absolute atomic E-state index is 0.0983. The largest absolute Gasteiger partial charge is 0.494 e. The lowest BCUT2D eigenvalue weighted by Gasteiger charge is -2.43. The molecule has 0 amide bonds. The van der Waals surface area contributed by atoms with Gasteiger partial charge in [0, 0.05) is 11.6 Å². The monoisotopic (exact) mass is 364 g/mol. The molecule has 1 aliphatic carbocycles. The van der Waals surface area contributed by atoms with Crippen LogP contribution >= 0.6 is 0 Å². The second-order valence-electron chi connectivity index (χ2n) is 5.01. The second kappa shape index (κ2) is 5.38. The highest BCUT2D eigenvalue weighted by Crippen LogP contribution is 2.66. The Kier molecular flexibility index (Phi) is 4.17. The number of rotatable bonds is 4. The smallest absolute Gasteiger partial charge is 0.383 e. The Labute approximate surface area is 131 Å². The summed E-state index contributed by atoms with van der Waals surface area (Å²) in [6.07, 6.45) is 0. The fourth-order valence-corrected chi connectivity index (χ4v) is 2.40. The summed E-state index contributed by atoms with van der Waals surface area (Å²) in [5.74, 6) is -25.3. The molecule has 0 saturated carbocycles. The van der Waals surface area contributed by atoms with Crippen LogP contribution in [0.1, 0.15) is 25.0 Å². The maximum atomic E-state index is 14.0. The standard InChI is InChI=1S/C14H12F8O2/c1-3-23-7-5-8-10(9(6-7)24-4-2)12(17,18)14(21,22)13(19,20)11(8,15)16/h5-6H,3-4H2,1-2H3. The fraction of sp³-hybridized carbons (Fsp3) is 0.571. The third kappa shape index (κ3) is 2.14. The predicted octanol–water partition coefficient (Wildman–Crippen LogP) is 4.95. The topological polar surface area (TPSA) is 18.5 Å². The van der Waals surface area contributed by atoms with Crippen molar-refractivity contribution in [2.24, 2.45) is 0 Å². The molecule has 2 rings (SSSR count). The molecule has 0 aromatic heterocycles. The molecule has 0 spiro atoms. The van der Waals surface area contributed by atoms with Crippen LogP contribution < -0.4 is 9.47 Å². The Hall–Kier alpha value is -1.74. The van der Waals surface area contributed by atoms with Crippen molar-refractivity contribution >= 4 is 0 Å². The molecule has 0 aliphatic heterocycles. The van der Waals surface area contributed by atoms with Gasteiger partial charge in [0.1, 0.15) is 11.5 Å². The van der Waals surface area contributed by atoms with Gasteiger partial charge in [-0.1, -0.05) is 0 Å². The van der Waals surface area contributed by atoms with E-state index in [2.05, 4.69) is 0 Å². The summed E-state index contributed by atoms with van der Waals surface area (Å²) in [4.78, 5) is 0. The Morgan fingerprint density at radius 2 is 1.25 bits per heavy atom. The van der Waals surface area contributed by atoms with Gasteiger partial charge in [0.2, 0.25) is 0 Å². The molecular formula is C14H12F8O2. The van der Waals surface area contributed by atoms with Gasteiger partial charge in [0.05, 0.1) is 18.8 Å². The van der Waals surface area contributed by atoms with E-state index >= 15 is 0 Å². The molecule has 0 radical (unpaired) electrons. The lowest BCUT2D eigenvalue weighted by Crippen LogP contribution is -2.63. The van der Waals surface area contributed by atoms with Crippen LogP contribution in [0, 0.1) is 0 Å². The summed E-state index contributed by atoms with van der Waals surface area (Å²) in [5.41, 5.74) is -3.91. The number of hydrogen-bond donors (Lipinski definition) is 0. The molecule has 1 aromatic carbocycles. The molecule has 10 heteroatoms. The van der Waals surface area contributed by atoms with Crippen molar-refractivity contribution in [2.75, 3.05) is 13.2 Å². The van der Waals surface area contributed by atoms with Crippen molar-refractivity contribution < 1.29 is 44.6 Å². The summed E-state index contributed by atoms with van der Waals surface area (Å²) < 4.78 is 120. The van der Waals surface area contributed by atoms with Crippen LogP contribution in [0.25, 0.3) is 0 Å².